The van der Waals surface area contributed by atoms with Crippen molar-refractivity contribution in [2.24, 2.45) is 0 Å². The summed E-state index contributed by atoms with van der Waals surface area (Å²) in [6, 6.07) is 11.0. The molecule has 0 saturated carbocycles. The smallest absolute Gasteiger partial charge is 0.254 e. The normalized spacial score (nSPS) is 10.2. The van der Waals surface area contributed by atoms with Gasteiger partial charge in [0, 0.05) is 24.5 Å². The minimum absolute atomic E-state index is 0.0249. The summed E-state index contributed by atoms with van der Waals surface area (Å²) in [6.07, 6.45) is 1.72. The minimum atomic E-state index is -0.0249. The van der Waals surface area contributed by atoms with Gasteiger partial charge in [-0.25, -0.2) is 0 Å². The fourth-order valence-corrected chi connectivity index (χ4v) is 1.94. The van der Waals surface area contributed by atoms with Crippen LogP contribution in [0.4, 0.5) is 5.69 Å². The van der Waals surface area contributed by atoms with Crippen molar-refractivity contribution in [1.29, 1.82) is 0 Å². The van der Waals surface area contributed by atoms with E-state index in [1.165, 1.54) is 0 Å². The Kier molecular flexibility index (Phi) is 3.80. The van der Waals surface area contributed by atoms with Gasteiger partial charge in [0.05, 0.1) is 12.2 Å². The van der Waals surface area contributed by atoms with Crippen LogP contribution >= 0.6 is 0 Å². The first kappa shape index (κ1) is 13.1. The number of pyridine rings is 1. The molecule has 0 unspecified atom stereocenters. The topological polar surface area (TPSA) is 59.2 Å². The second kappa shape index (κ2) is 5.52. The van der Waals surface area contributed by atoms with Crippen molar-refractivity contribution in [1.82, 2.24) is 9.88 Å². The number of rotatable bonds is 3. The standard InChI is InChI=1S/C15H17N3O/c1-11-9-12(16)6-7-14(11)15(19)18(2)10-13-5-3-4-8-17-13/h3-9H,10,16H2,1-2H3. The van der Waals surface area contributed by atoms with Crippen molar-refractivity contribution in [3.63, 3.8) is 0 Å². The molecule has 0 radical (unpaired) electrons. The zero-order valence-corrected chi connectivity index (χ0v) is 11.1. The predicted octanol–water partition coefficient (Wildman–Crippen LogP) is 2.24. The minimum Gasteiger partial charge on any atom is -0.399 e. The van der Waals surface area contributed by atoms with E-state index in [1.54, 1.807) is 30.3 Å². The predicted molar refractivity (Wildman–Crippen MR) is 75.6 cm³/mol. The fraction of sp³-hybridized carbons (Fsp3) is 0.200. The molecule has 0 fully saturated rings. The fourth-order valence-electron chi connectivity index (χ4n) is 1.94. The van der Waals surface area contributed by atoms with Gasteiger partial charge in [0.15, 0.2) is 0 Å². The molecule has 1 amide bonds. The third-order valence-electron chi connectivity index (χ3n) is 2.95. The molecule has 0 saturated heterocycles. The largest absolute Gasteiger partial charge is 0.399 e. The molecule has 1 heterocycles. The number of nitrogen functional groups attached to an aromatic ring is 1. The first-order valence-corrected chi connectivity index (χ1v) is 6.09. The molecule has 4 heteroatoms. The maximum Gasteiger partial charge on any atom is 0.254 e. The summed E-state index contributed by atoms with van der Waals surface area (Å²) in [5.41, 5.74) is 8.79. The molecule has 4 nitrogen and oxygen atoms in total. The molecule has 1 aromatic heterocycles. The van der Waals surface area contributed by atoms with E-state index >= 15 is 0 Å². The molecule has 0 aliphatic carbocycles. The maximum atomic E-state index is 12.3. The van der Waals surface area contributed by atoms with E-state index < -0.39 is 0 Å². The molecular formula is C15H17N3O. The molecule has 2 N–H and O–H groups in total. The van der Waals surface area contributed by atoms with Crippen molar-refractivity contribution in [3.8, 4) is 0 Å². The molecule has 98 valence electrons. The second-order valence-electron chi connectivity index (χ2n) is 4.56. The zero-order chi connectivity index (χ0) is 13.8. The van der Waals surface area contributed by atoms with Crippen LogP contribution in [0.5, 0.6) is 0 Å². The summed E-state index contributed by atoms with van der Waals surface area (Å²) >= 11 is 0. The monoisotopic (exact) mass is 255 g/mol. The number of nitrogens with two attached hydrogens (primary N) is 1. The number of anilines is 1. The second-order valence-corrected chi connectivity index (χ2v) is 4.56. The van der Waals surface area contributed by atoms with E-state index in [0.29, 0.717) is 17.8 Å². The van der Waals surface area contributed by atoms with Gasteiger partial charge in [-0.15, -0.1) is 0 Å². The van der Waals surface area contributed by atoms with E-state index in [-0.39, 0.29) is 5.91 Å². The van der Waals surface area contributed by atoms with Gasteiger partial charge in [-0.2, -0.15) is 0 Å². The Hall–Kier alpha value is -2.36. The van der Waals surface area contributed by atoms with Crippen LogP contribution in [0.25, 0.3) is 0 Å². The number of benzene rings is 1. The number of aromatic nitrogens is 1. The lowest BCUT2D eigenvalue weighted by molar-refractivity contribution is 0.0782. The first-order chi connectivity index (χ1) is 9.08. The molecule has 2 aromatic rings. The lowest BCUT2D eigenvalue weighted by Crippen LogP contribution is -2.27. The summed E-state index contributed by atoms with van der Waals surface area (Å²) in [5, 5.41) is 0. The van der Waals surface area contributed by atoms with Crippen LogP contribution in [-0.2, 0) is 6.54 Å². The van der Waals surface area contributed by atoms with Crippen molar-refractivity contribution in [3.05, 3.63) is 59.4 Å². The SMILES string of the molecule is Cc1cc(N)ccc1C(=O)N(C)Cc1ccccn1. The highest BCUT2D eigenvalue weighted by Gasteiger charge is 2.14. The number of carbonyl (C=O) groups excluding carboxylic acids is 1. The molecule has 19 heavy (non-hydrogen) atoms. The van der Waals surface area contributed by atoms with Gasteiger partial charge in [0.1, 0.15) is 0 Å². The summed E-state index contributed by atoms with van der Waals surface area (Å²) in [6.45, 7) is 2.38. The van der Waals surface area contributed by atoms with Crippen LogP contribution < -0.4 is 5.73 Å². The highest BCUT2D eigenvalue weighted by Crippen LogP contribution is 2.15. The van der Waals surface area contributed by atoms with Gasteiger partial charge < -0.3 is 10.6 Å². The third-order valence-corrected chi connectivity index (χ3v) is 2.95. The summed E-state index contributed by atoms with van der Waals surface area (Å²) in [4.78, 5) is 18.2. The average Bonchev–Trinajstić information content (AvgIpc) is 2.39. The zero-order valence-electron chi connectivity index (χ0n) is 11.1. The summed E-state index contributed by atoms with van der Waals surface area (Å²) < 4.78 is 0. The van der Waals surface area contributed by atoms with Crippen LogP contribution in [0.2, 0.25) is 0 Å². The number of hydrogen-bond acceptors (Lipinski definition) is 3. The molecule has 0 bridgehead atoms. The third kappa shape index (κ3) is 3.10. The number of aryl methyl sites for hydroxylation is 1. The van der Waals surface area contributed by atoms with Gasteiger partial charge in [-0.3, -0.25) is 9.78 Å². The van der Waals surface area contributed by atoms with Gasteiger partial charge >= 0.3 is 0 Å². The van der Waals surface area contributed by atoms with E-state index in [9.17, 15) is 4.79 Å². The maximum absolute atomic E-state index is 12.3. The molecule has 0 atom stereocenters. The van der Waals surface area contributed by atoms with Gasteiger partial charge in [-0.05, 0) is 42.8 Å². The Morgan fingerprint density at radius 1 is 1.32 bits per heavy atom. The molecule has 0 spiro atoms. The van der Waals surface area contributed by atoms with Crippen molar-refractivity contribution in [2.45, 2.75) is 13.5 Å². The van der Waals surface area contributed by atoms with Gasteiger partial charge in [0.2, 0.25) is 0 Å². The van der Waals surface area contributed by atoms with Crippen molar-refractivity contribution >= 4 is 11.6 Å². The Morgan fingerprint density at radius 3 is 2.74 bits per heavy atom. The molecule has 2 rings (SSSR count). The van der Waals surface area contributed by atoms with Crippen molar-refractivity contribution in [2.75, 3.05) is 12.8 Å². The van der Waals surface area contributed by atoms with Crippen LogP contribution in [0.1, 0.15) is 21.6 Å². The number of hydrogen-bond donors (Lipinski definition) is 1. The highest BCUT2D eigenvalue weighted by atomic mass is 16.2. The van der Waals surface area contributed by atoms with E-state index in [0.717, 1.165) is 11.3 Å². The molecule has 0 aliphatic rings. The van der Waals surface area contributed by atoms with Gasteiger partial charge in [0.25, 0.3) is 5.91 Å². The highest BCUT2D eigenvalue weighted by molar-refractivity contribution is 5.95. The number of amides is 1. The van der Waals surface area contributed by atoms with Crippen LogP contribution in [0.3, 0.4) is 0 Å². The molecular weight excluding hydrogens is 238 g/mol. The Morgan fingerprint density at radius 2 is 2.11 bits per heavy atom. The van der Waals surface area contributed by atoms with Gasteiger partial charge in [-0.1, -0.05) is 6.07 Å². The number of nitrogens with zero attached hydrogens (tertiary/aromatic N) is 2. The summed E-state index contributed by atoms with van der Waals surface area (Å²) in [7, 11) is 1.77. The quantitative estimate of drug-likeness (QED) is 0.856. The van der Waals surface area contributed by atoms with Crippen LogP contribution in [0.15, 0.2) is 42.6 Å². The lowest BCUT2D eigenvalue weighted by Gasteiger charge is -2.18. The summed E-state index contributed by atoms with van der Waals surface area (Å²) in [5.74, 6) is -0.0249. The Bertz CT molecular complexity index is 581. The van der Waals surface area contributed by atoms with Crippen LogP contribution in [0, 0.1) is 6.92 Å². The Balaban J connectivity index is 2.15. The van der Waals surface area contributed by atoms with Crippen molar-refractivity contribution < 1.29 is 4.79 Å². The molecule has 0 aliphatic heterocycles. The first-order valence-electron chi connectivity index (χ1n) is 6.09. The van der Waals surface area contributed by atoms with E-state index in [2.05, 4.69) is 4.98 Å². The lowest BCUT2D eigenvalue weighted by atomic mass is 10.1. The average molecular weight is 255 g/mol. The Labute approximate surface area is 112 Å². The number of carbonyl (C=O) groups is 1. The molecule has 1 aromatic carbocycles. The van der Waals surface area contributed by atoms with Crippen LogP contribution in [-0.4, -0.2) is 22.8 Å². The van der Waals surface area contributed by atoms with E-state index in [1.807, 2.05) is 31.2 Å². The van der Waals surface area contributed by atoms with E-state index in [4.69, 9.17) is 5.73 Å².